The van der Waals surface area contributed by atoms with Gasteiger partial charge in [-0.25, -0.2) is 0 Å². The first-order valence-corrected chi connectivity index (χ1v) is 15.3. The van der Waals surface area contributed by atoms with Crippen LogP contribution in [0.5, 0.6) is 5.75 Å². The average molecular weight is 592 g/mol. The van der Waals surface area contributed by atoms with Crippen molar-refractivity contribution in [1.82, 2.24) is 20.3 Å². The zero-order valence-electron chi connectivity index (χ0n) is 25.1. The van der Waals surface area contributed by atoms with Crippen LogP contribution >= 0.6 is 0 Å². The van der Waals surface area contributed by atoms with E-state index in [-0.39, 0.29) is 5.91 Å². The number of rotatable bonds is 17. The monoisotopic (exact) mass is 591 g/mol. The molecule has 1 fully saturated rings. The van der Waals surface area contributed by atoms with Crippen LogP contribution < -0.4 is 26.0 Å². The molecule has 0 unspecified atom stereocenters. The minimum Gasteiger partial charge on any atom is -0.497 e. The predicted octanol–water partition coefficient (Wildman–Crippen LogP) is 4.89. The lowest BCUT2D eigenvalue weighted by Gasteiger charge is -2.21. The zero-order chi connectivity index (χ0) is 30.0. The van der Waals surface area contributed by atoms with Gasteiger partial charge in [0.15, 0.2) is 0 Å². The van der Waals surface area contributed by atoms with E-state index < -0.39 is 0 Å². The molecule has 1 aromatic heterocycles. The van der Waals surface area contributed by atoms with Gasteiger partial charge in [-0.05, 0) is 42.7 Å². The van der Waals surface area contributed by atoms with Crippen LogP contribution in [-0.4, -0.2) is 73.5 Å². The summed E-state index contributed by atoms with van der Waals surface area (Å²) in [6.45, 7) is 3.36. The molecule has 0 bridgehead atoms. The lowest BCUT2D eigenvalue weighted by molar-refractivity contribution is 0.0519. The molecule has 0 radical (unpaired) electrons. The van der Waals surface area contributed by atoms with Gasteiger partial charge in [-0.15, -0.1) is 0 Å². The Bertz CT molecular complexity index is 1210. The Hall–Kier alpha value is -3.96. The van der Waals surface area contributed by atoms with Crippen molar-refractivity contribution in [2.45, 2.75) is 57.5 Å². The van der Waals surface area contributed by atoms with Crippen LogP contribution in [-0.2, 0) is 16.0 Å². The van der Waals surface area contributed by atoms with Crippen molar-refractivity contribution in [3.63, 3.8) is 0 Å². The third kappa shape index (κ3) is 12.0. The van der Waals surface area contributed by atoms with Gasteiger partial charge in [0.25, 0.3) is 5.91 Å². The summed E-state index contributed by atoms with van der Waals surface area (Å²) in [7, 11) is 1.66. The Morgan fingerprint density at radius 2 is 1.37 bits per heavy atom. The molecule has 2 aromatic carbocycles. The molecule has 0 atom stereocenters. The highest BCUT2D eigenvalue weighted by Gasteiger charge is 2.14. The van der Waals surface area contributed by atoms with E-state index in [9.17, 15) is 4.79 Å². The highest BCUT2D eigenvalue weighted by molar-refractivity contribution is 5.94. The third-order valence-electron chi connectivity index (χ3n) is 7.15. The normalized spacial score (nSPS) is 13.9. The van der Waals surface area contributed by atoms with Gasteiger partial charge in [-0.1, -0.05) is 62.4 Å². The zero-order valence-corrected chi connectivity index (χ0v) is 25.1. The molecule has 1 aliphatic rings. The number of amides is 1. The third-order valence-corrected chi connectivity index (χ3v) is 7.15. The summed E-state index contributed by atoms with van der Waals surface area (Å²) in [6, 6.07) is 17.4. The van der Waals surface area contributed by atoms with Crippen LogP contribution in [0.3, 0.4) is 0 Å². The molecule has 4 N–H and O–H groups in total. The smallest absolute Gasteiger partial charge is 0.251 e. The molecule has 11 heteroatoms. The Balaban J connectivity index is 1.19. The number of ether oxygens (including phenoxy) is 3. The SMILES string of the molecule is COc1ccc(CNc2nc(NCCOCCOCCNC(=O)c3ccccc3)nc(NC3CCCCCCC3)n2)cc1. The minimum absolute atomic E-state index is 0.105. The first-order chi connectivity index (χ1) is 21.2. The van der Waals surface area contributed by atoms with Crippen molar-refractivity contribution in [3.8, 4) is 5.75 Å². The number of carbonyl (C=O) groups excluding carboxylic acids is 1. The van der Waals surface area contributed by atoms with E-state index in [4.69, 9.17) is 14.2 Å². The Kier molecular flexibility index (Phi) is 13.8. The largest absolute Gasteiger partial charge is 0.497 e. The topological polar surface area (TPSA) is 132 Å². The van der Waals surface area contributed by atoms with E-state index in [0.717, 1.165) is 24.2 Å². The lowest BCUT2D eigenvalue weighted by Crippen LogP contribution is -2.27. The second-order valence-electron chi connectivity index (χ2n) is 10.5. The number of hydrogen-bond acceptors (Lipinski definition) is 10. The molecule has 3 aromatic rings. The van der Waals surface area contributed by atoms with Gasteiger partial charge in [0.05, 0.1) is 33.5 Å². The van der Waals surface area contributed by atoms with Gasteiger partial charge in [0.1, 0.15) is 5.75 Å². The summed E-state index contributed by atoms with van der Waals surface area (Å²) in [4.78, 5) is 25.9. The molecule has 1 amide bonds. The van der Waals surface area contributed by atoms with Gasteiger partial charge < -0.3 is 35.5 Å². The Morgan fingerprint density at radius 1 is 0.744 bits per heavy atom. The first kappa shape index (κ1) is 32.0. The van der Waals surface area contributed by atoms with Gasteiger partial charge in [-0.3, -0.25) is 4.79 Å². The molecule has 43 heavy (non-hydrogen) atoms. The van der Waals surface area contributed by atoms with Crippen molar-refractivity contribution < 1.29 is 19.0 Å². The highest BCUT2D eigenvalue weighted by Crippen LogP contribution is 2.21. The maximum atomic E-state index is 12.0. The number of nitrogens with zero attached hydrogens (tertiary/aromatic N) is 3. The fourth-order valence-electron chi connectivity index (χ4n) is 4.79. The van der Waals surface area contributed by atoms with Crippen molar-refractivity contribution in [1.29, 1.82) is 0 Å². The Morgan fingerprint density at radius 3 is 2.07 bits per heavy atom. The van der Waals surface area contributed by atoms with E-state index >= 15 is 0 Å². The van der Waals surface area contributed by atoms with Crippen LogP contribution in [0.1, 0.15) is 60.9 Å². The standard InChI is InChI=1S/C32H45N7O4/c1-41-28-16-14-25(15-17-28)24-35-31-37-30(38-32(39-31)36-27-12-8-3-2-4-9-13-27)34-19-21-43-23-22-42-20-18-33-29(40)26-10-6-5-7-11-26/h5-7,10-11,14-17,27H,2-4,8-9,12-13,18-24H2,1H3,(H,33,40)(H3,34,35,36,37,38,39). The average Bonchev–Trinajstić information content (AvgIpc) is 3.02. The van der Waals surface area contributed by atoms with E-state index in [2.05, 4.69) is 36.2 Å². The molecular formula is C32H45N7O4. The van der Waals surface area contributed by atoms with Crippen LogP contribution in [0.4, 0.5) is 17.8 Å². The fraction of sp³-hybridized carbons (Fsp3) is 0.500. The molecule has 232 valence electrons. The number of nitrogens with one attached hydrogen (secondary N) is 4. The summed E-state index contributed by atoms with van der Waals surface area (Å²) in [5, 5.41) is 13.0. The minimum atomic E-state index is -0.105. The second-order valence-corrected chi connectivity index (χ2v) is 10.5. The predicted molar refractivity (Wildman–Crippen MR) is 169 cm³/mol. The van der Waals surface area contributed by atoms with Crippen molar-refractivity contribution in [2.24, 2.45) is 0 Å². The molecule has 1 saturated carbocycles. The van der Waals surface area contributed by atoms with Crippen molar-refractivity contribution in [3.05, 3.63) is 65.7 Å². The van der Waals surface area contributed by atoms with Crippen LogP contribution in [0, 0.1) is 0 Å². The number of benzene rings is 2. The lowest BCUT2D eigenvalue weighted by atomic mass is 9.97. The quantitative estimate of drug-likeness (QED) is 0.161. The number of methoxy groups -OCH3 is 1. The van der Waals surface area contributed by atoms with Crippen LogP contribution in [0.25, 0.3) is 0 Å². The van der Waals surface area contributed by atoms with Gasteiger partial charge in [-0.2, -0.15) is 15.0 Å². The molecule has 4 rings (SSSR count). The van der Waals surface area contributed by atoms with E-state index in [1.54, 1.807) is 19.2 Å². The molecule has 1 aliphatic carbocycles. The van der Waals surface area contributed by atoms with Gasteiger partial charge in [0.2, 0.25) is 17.8 Å². The van der Waals surface area contributed by atoms with E-state index in [1.807, 2.05) is 42.5 Å². The molecule has 1 heterocycles. The van der Waals surface area contributed by atoms with Gasteiger partial charge >= 0.3 is 0 Å². The van der Waals surface area contributed by atoms with Crippen molar-refractivity contribution >= 4 is 23.8 Å². The fourth-order valence-corrected chi connectivity index (χ4v) is 4.79. The summed E-state index contributed by atoms with van der Waals surface area (Å²) >= 11 is 0. The van der Waals surface area contributed by atoms with Crippen molar-refractivity contribution in [2.75, 3.05) is 62.6 Å². The molecular weight excluding hydrogens is 546 g/mol. The first-order valence-electron chi connectivity index (χ1n) is 15.3. The number of aromatic nitrogens is 3. The maximum absolute atomic E-state index is 12.0. The van der Waals surface area contributed by atoms with Crippen LogP contribution in [0.2, 0.25) is 0 Å². The van der Waals surface area contributed by atoms with E-state index in [1.165, 1.54) is 32.1 Å². The van der Waals surface area contributed by atoms with Crippen LogP contribution in [0.15, 0.2) is 54.6 Å². The summed E-state index contributed by atoms with van der Waals surface area (Å²) in [5.41, 5.74) is 1.74. The summed E-state index contributed by atoms with van der Waals surface area (Å²) in [5.74, 6) is 2.30. The Labute approximate surface area is 254 Å². The maximum Gasteiger partial charge on any atom is 0.251 e. The molecule has 0 saturated heterocycles. The van der Waals surface area contributed by atoms with Gasteiger partial charge in [0, 0.05) is 31.2 Å². The molecule has 11 nitrogen and oxygen atoms in total. The molecule has 0 aliphatic heterocycles. The highest BCUT2D eigenvalue weighted by atomic mass is 16.5. The number of carbonyl (C=O) groups is 1. The summed E-state index contributed by atoms with van der Waals surface area (Å²) in [6.07, 6.45) is 8.59. The number of hydrogen-bond donors (Lipinski definition) is 4. The second kappa shape index (κ2) is 18.6. The molecule has 0 spiro atoms. The summed E-state index contributed by atoms with van der Waals surface area (Å²) < 4.78 is 16.5. The number of anilines is 3. The van der Waals surface area contributed by atoms with E-state index in [0.29, 0.717) is 75.5 Å².